The van der Waals surface area contributed by atoms with E-state index >= 15 is 0 Å². The predicted octanol–water partition coefficient (Wildman–Crippen LogP) is 4.20. The van der Waals surface area contributed by atoms with Gasteiger partial charge in [0.25, 0.3) is 0 Å². The lowest BCUT2D eigenvalue weighted by Crippen LogP contribution is -2.28. The number of anilines is 1. The van der Waals surface area contributed by atoms with Gasteiger partial charge in [-0.25, -0.2) is 0 Å². The fraction of sp³-hybridized carbons (Fsp3) is 0.231. The Morgan fingerprint density at radius 1 is 1.24 bits per heavy atom. The van der Waals surface area contributed by atoms with Crippen LogP contribution in [0, 0.1) is 0 Å². The first-order valence-corrected chi connectivity index (χ1v) is 7.75. The van der Waals surface area contributed by atoms with Gasteiger partial charge in [-0.1, -0.05) is 40.9 Å². The maximum atomic E-state index is 6.13. The van der Waals surface area contributed by atoms with Crippen LogP contribution in [0.3, 0.4) is 0 Å². The quantitative estimate of drug-likeness (QED) is 0.799. The Bertz CT molecular complexity index is 657. The fourth-order valence-electron chi connectivity index (χ4n) is 1.70. The van der Waals surface area contributed by atoms with Crippen LogP contribution in [0.4, 0.5) is 5.82 Å². The number of benzene rings is 1. The molecule has 0 unspecified atom stereocenters. The molecule has 1 heterocycles. The van der Waals surface area contributed by atoms with E-state index < -0.39 is 0 Å². The molecule has 4 nitrogen and oxygen atoms in total. The second-order valence-corrected chi connectivity index (χ2v) is 5.89. The summed E-state index contributed by atoms with van der Waals surface area (Å²) in [7, 11) is 0. The van der Waals surface area contributed by atoms with Crippen molar-refractivity contribution in [2.45, 2.75) is 13.5 Å². The summed E-state index contributed by atoms with van der Waals surface area (Å²) in [6, 6.07) is 5.44. The molecular weight excluding hydrogens is 351 g/mol. The van der Waals surface area contributed by atoms with Gasteiger partial charge in [0.1, 0.15) is 5.02 Å². The van der Waals surface area contributed by atoms with E-state index in [0.29, 0.717) is 32.5 Å². The van der Waals surface area contributed by atoms with Crippen molar-refractivity contribution in [2.24, 2.45) is 0 Å². The van der Waals surface area contributed by atoms with Crippen LogP contribution >= 0.6 is 47.0 Å². The highest BCUT2D eigenvalue weighted by Gasteiger charge is 2.09. The Kier molecular flexibility index (Phi) is 5.70. The first-order chi connectivity index (χ1) is 9.99. The highest BCUT2D eigenvalue weighted by molar-refractivity contribution is 7.80. The molecule has 21 heavy (non-hydrogen) atoms. The van der Waals surface area contributed by atoms with E-state index in [1.54, 1.807) is 23.0 Å². The van der Waals surface area contributed by atoms with E-state index in [-0.39, 0.29) is 0 Å². The molecule has 2 aromatic rings. The number of hydrogen-bond donors (Lipinski definition) is 2. The maximum absolute atomic E-state index is 6.13. The first kappa shape index (κ1) is 16.4. The average molecular weight is 364 g/mol. The molecule has 8 heteroatoms. The summed E-state index contributed by atoms with van der Waals surface area (Å²) in [5.41, 5.74) is 0.976. The standard InChI is InChI=1S/C13H13Cl3N4S/c1-2-17-13(21)18-12-11(16)7-20(19-12)6-8-3-4-9(14)10(15)5-8/h3-5,7H,2,6H2,1H3,(H2,17,18,19,21). The van der Waals surface area contributed by atoms with Crippen molar-refractivity contribution in [3.63, 3.8) is 0 Å². The van der Waals surface area contributed by atoms with Crippen LogP contribution in [0.25, 0.3) is 0 Å². The third-order valence-electron chi connectivity index (χ3n) is 2.61. The van der Waals surface area contributed by atoms with Gasteiger partial charge in [-0.3, -0.25) is 4.68 Å². The summed E-state index contributed by atoms with van der Waals surface area (Å²) >= 11 is 23.1. The molecule has 0 atom stereocenters. The molecule has 0 spiro atoms. The number of aromatic nitrogens is 2. The molecule has 0 aliphatic carbocycles. The van der Waals surface area contributed by atoms with E-state index in [2.05, 4.69) is 15.7 Å². The second kappa shape index (κ2) is 7.31. The van der Waals surface area contributed by atoms with Gasteiger partial charge in [0.15, 0.2) is 10.9 Å². The minimum Gasteiger partial charge on any atom is -0.363 e. The Labute approximate surface area is 143 Å². The third-order valence-corrected chi connectivity index (χ3v) is 3.88. The number of nitrogens with one attached hydrogen (secondary N) is 2. The van der Waals surface area contributed by atoms with E-state index in [1.807, 2.05) is 13.0 Å². The Hall–Kier alpha value is -1.01. The summed E-state index contributed by atoms with van der Waals surface area (Å²) in [5, 5.41) is 12.3. The number of rotatable bonds is 4. The van der Waals surface area contributed by atoms with Crippen molar-refractivity contribution in [1.82, 2.24) is 15.1 Å². The van der Waals surface area contributed by atoms with Gasteiger partial charge < -0.3 is 10.6 Å². The van der Waals surface area contributed by atoms with E-state index in [1.165, 1.54) is 0 Å². The van der Waals surface area contributed by atoms with Gasteiger partial charge in [-0.05, 0) is 36.8 Å². The summed E-state index contributed by atoms with van der Waals surface area (Å²) in [4.78, 5) is 0. The van der Waals surface area contributed by atoms with Gasteiger partial charge in [0.05, 0.1) is 16.6 Å². The lowest BCUT2D eigenvalue weighted by Gasteiger charge is -2.06. The van der Waals surface area contributed by atoms with Crippen LogP contribution < -0.4 is 10.6 Å². The van der Waals surface area contributed by atoms with E-state index in [4.69, 9.17) is 47.0 Å². The molecule has 112 valence electrons. The Morgan fingerprint density at radius 3 is 2.67 bits per heavy atom. The average Bonchev–Trinajstić information content (AvgIpc) is 2.74. The monoisotopic (exact) mass is 362 g/mol. The second-order valence-electron chi connectivity index (χ2n) is 4.26. The number of halogens is 3. The molecule has 0 fully saturated rings. The molecule has 0 saturated heterocycles. The van der Waals surface area contributed by atoms with Crippen LogP contribution in [0.5, 0.6) is 0 Å². The first-order valence-electron chi connectivity index (χ1n) is 6.21. The molecule has 0 saturated carbocycles. The number of thiocarbonyl (C=S) groups is 1. The van der Waals surface area contributed by atoms with Crippen LogP contribution in [0.15, 0.2) is 24.4 Å². The van der Waals surface area contributed by atoms with Gasteiger partial charge >= 0.3 is 0 Å². The van der Waals surface area contributed by atoms with Crippen molar-refractivity contribution in [3.05, 3.63) is 45.0 Å². The van der Waals surface area contributed by atoms with Crippen molar-refractivity contribution >= 4 is 58.0 Å². The number of hydrogen-bond acceptors (Lipinski definition) is 2. The van der Waals surface area contributed by atoms with Gasteiger partial charge in [0.2, 0.25) is 0 Å². The molecule has 2 rings (SSSR count). The normalized spacial score (nSPS) is 10.5. The van der Waals surface area contributed by atoms with Gasteiger partial charge in [0, 0.05) is 12.7 Å². The van der Waals surface area contributed by atoms with Crippen molar-refractivity contribution in [2.75, 3.05) is 11.9 Å². The van der Waals surface area contributed by atoms with Crippen LogP contribution in [-0.4, -0.2) is 21.4 Å². The van der Waals surface area contributed by atoms with E-state index in [0.717, 1.165) is 12.1 Å². The highest BCUT2D eigenvalue weighted by Crippen LogP contribution is 2.24. The molecule has 1 aromatic heterocycles. The Morgan fingerprint density at radius 2 is 2.00 bits per heavy atom. The fourth-order valence-corrected chi connectivity index (χ4v) is 2.46. The zero-order chi connectivity index (χ0) is 15.4. The summed E-state index contributed by atoms with van der Waals surface area (Å²) in [6.45, 7) is 3.22. The molecule has 2 N–H and O–H groups in total. The van der Waals surface area contributed by atoms with Gasteiger partial charge in [-0.15, -0.1) is 0 Å². The lowest BCUT2D eigenvalue weighted by molar-refractivity contribution is 0.690. The zero-order valence-electron chi connectivity index (χ0n) is 11.2. The SMILES string of the molecule is CCNC(=S)Nc1nn(Cc2ccc(Cl)c(Cl)c2)cc1Cl. The zero-order valence-corrected chi connectivity index (χ0v) is 14.2. The summed E-state index contributed by atoms with van der Waals surface area (Å²) in [5.74, 6) is 0.516. The van der Waals surface area contributed by atoms with Crippen LogP contribution in [0.2, 0.25) is 15.1 Å². The topological polar surface area (TPSA) is 41.9 Å². The lowest BCUT2D eigenvalue weighted by atomic mass is 10.2. The largest absolute Gasteiger partial charge is 0.363 e. The maximum Gasteiger partial charge on any atom is 0.173 e. The molecular formula is C13H13Cl3N4S. The highest BCUT2D eigenvalue weighted by atomic mass is 35.5. The van der Waals surface area contributed by atoms with Crippen molar-refractivity contribution in [3.8, 4) is 0 Å². The smallest absolute Gasteiger partial charge is 0.173 e. The summed E-state index contributed by atoms with van der Waals surface area (Å²) < 4.78 is 1.71. The molecule has 0 bridgehead atoms. The minimum absolute atomic E-state index is 0.485. The minimum atomic E-state index is 0.485. The molecule has 0 radical (unpaired) electrons. The van der Waals surface area contributed by atoms with Gasteiger partial charge in [-0.2, -0.15) is 5.10 Å². The van der Waals surface area contributed by atoms with E-state index in [9.17, 15) is 0 Å². The Balaban J connectivity index is 2.11. The molecule has 0 aliphatic rings. The van der Waals surface area contributed by atoms with Crippen molar-refractivity contribution < 1.29 is 0 Å². The third kappa shape index (κ3) is 4.48. The van der Waals surface area contributed by atoms with Crippen LogP contribution in [0.1, 0.15) is 12.5 Å². The molecule has 0 amide bonds. The predicted molar refractivity (Wildman–Crippen MR) is 92.7 cm³/mol. The molecule has 1 aromatic carbocycles. The molecule has 0 aliphatic heterocycles. The van der Waals surface area contributed by atoms with Crippen LogP contribution in [-0.2, 0) is 6.54 Å². The number of nitrogens with zero attached hydrogens (tertiary/aromatic N) is 2. The summed E-state index contributed by atoms with van der Waals surface area (Å²) in [6.07, 6.45) is 1.72. The van der Waals surface area contributed by atoms with Crippen molar-refractivity contribution in [1.29, 1.82) is 0 Å².